The number of hydrogen-bond donors (Lipinski definition) is 1. The second-order valence-electron chi connectivity index (χ2n) is 6.94. The number of hydrogen-bond acceptors (Lipinski definition) is 7. The van der Waals surface area contributed by atoms with Crippen molar-refractivity contribution >= 4 is 27.5 Å². The van der Waals surface area contributed by atoms with Crippen LogP contribution in [-0.4, -0.2) is 47.1 Å². The summed E-state index contributed by atoms with van der Waals surface area (Å²) in [5.41, 5.74) is 0.107. The number of benzene rings is 2. The van der Waals surface area contributed by atoms with E-state index in [4.69, 9.17) is 14.2 Å². The van der Waals surface area contributed by atoms with E-state index < -0.39 is 27.9 Å². The van der Waals surface area contributed by atoms with Gasteiger partial charge in [-0.1, -0.05) is 12.1 Å². The number of rotatable bonds is 9. The van der Waals surface area contributed by atoms with Crippen molar-refractivity contribution in [1.29, 1.82) is 0 Å². The molecule has 1 atom stereocenters. The predicted molar refractivity (Wildman–Crippen MR) is 113 cm³/mol. The molecule has 1 aliphatic heterocycles. The molecule has 31 heavy (non-hydrogen) atoms. The van der Waals surface area contributed by atoms with Gasteiger partial charge in [0.15, 0.2) is 11.5 Å². The molecule has 1 unspecified atom stereocenters. The van der Waals surface area contributed by atoms with Crippen LogP contribution in [0.15, 0.2) is 47.4 Å². The summed E-state index contributed by atoms with van der Waals surface area (Å²) in [5.74, 6) is 0.468. The molecule has 10 heteroatoms. The topological polar surface area (TPSA) is 111 Å². The van der Waals surface area contributed by atoms with Crippen molar-refractivity contribution in [3.8, 4) is 17.2 Å². The van der Waals surface area contributed by atoms with E-state index in [9.17, 15) is 18.0 Å². The Bertz CT molecular complexity index is 1070. The van der Waals surface area contributed by atoms with Gasteiger partial charge in [-0.05, 0) is 37.3 Å². The monoisotopic (exact) mass is 448 g/mol. The minimum Gasteiger partial charge on any atom is -0.495 e. The van der Waals surface area contributed by atoms with Crippen LogP contribution in [0.4, 0.5) is 5.69 Å². The standard InChI is InChI=1S/C21H24N2O7S/c1-14(13-30-19-7-5-4-6-18(19)29-3)22-31(26,27)15-8-9-17(28-2)16(12-15)23-20(24)10-11-21(23)25/h4-9,12,14,22H,10-11,13H2,1-3H3. The van der Waals surface area contributed by atoms with E-state index in [0.29, 0.717) is 11.5 Å². The second kappa shape index (κ2) is 9.36. The van der Waals surface area contributed by atoms with Crippen LogP contribution >= 0.6 is 0 Å². The molecule has 2 aromatic carbocycles. The molecule has 0 spiro atoms. The lowest BCUT2D eigenvalue weighted by atomic mass is 10.2. The Kier molecular flexibility index (Phi) is 6.81. The number of methoxy groups -OCH3 is 2. The van der Waals surface area contributed by atoms with E-state index in [2.05, 4.69) is 4.72 Å². The van der Waals surface area contributed by atoms with Gasteiger partial charge in [0.05, 0.1) is 30.8 Å². The Hall–Kier alpha value is -3.11. The molecular weight excluding hydrogens is 424 g/mol. The first-order valence-corrected chi connectivity index (χ1v) is 11.1. The van der Waals surface area contributed by atoms with Crippen molar-refractivity contribution in [2.75, 3.05) is 25.7 Å². The van der Waals surface area contributed by atoms with Crippen molar-refractivity contribution in [3.63, 3.8) is 0 Å². The Morgan fingerprint density at radius 2 is 1.58 bits per heavy atom. The first-order chi connectivity index (χ1) is 14.8. The van der Waals surface area contributed by atoms with Crippen LogP contribution in [0.25, 0.3) is 0 Å². The maximum absolute atomic E-state index is 12.9. The molecular formula is C21H24N2O7S. The second-order valence-corrected chi connectivity index (χ2v) is 8.65. The highest BCUT2D eigenvalue weighted by Gasteiger charge is 2.33. The molecule has 9 nitrogen and oxygen atoms in total. The maximum atomic E-state index is 12.9. The van der Waals surface area contributed by atoms with Crippen LogP contribution in [0.1, 0.15) is 19.8 Å². The number of sulfonamides is 1. The van der Waals surface area contributed by atoms with Gasteiger partial charge in [0, 0.05) is 12.8 Å². The largest absolute Gasteiger partial charge is 0.495 e. The number of amides is 2. The molecule has 1 fully saturated rings. The summed E-state index contributed by atoms with van der Waals surface area (Å²) in [5, 5.41) is 0. The smallest absolute Gasteiger partial charge is 0.241 e. The van der Waals surface area contributed by atoms with Gasteiger partial charge < -0.3 is 14.2 Å². The Morgan fingerprint density at radius 1 is 0.968 bits per heavy atom. The lowest BCUT2D eigenvalue weighted by molar-refractivity contribution is -0.121. The molecule has 0 aliphatic carbocycles. The fourth-order valence-corrected chi connectivity index (χ4v) is 4.42. The third-order valence-electron chi connectivity index (χ3n) is 4.67. The van der Waals surface area contributed by atoms with Crippen molar-refractivity contribution in [3.05, 3.63) is 42.5 Å². The summed E-state index contributed by atoms with van der Waals surface area (Å²) < 4.78 is 44.4. The summed E-state index contributed by atoms with van der Waals surface area (Å²) in [7, 11) is -1.06. The molecule has 0 aromatic heterocycles. The van der Waals surface area contributed by atoms with Gasteiger partial charge in [-0.15, -0.1) is 0 Å². The van der Waals surface area contributed by atoms with Gasteiger partial charge in [0.1, 0.15) is 12.4 Å². The number of carbonyl (C=O) groups excluding carboxylic acids is 2. The van der Waals surface area contributed by atoms with Gasteiger partial charge in [-0.3, -0.25) is 9.59 Å². The normalized spacial score (nSPS) is 15.1. The predicted octanol–water partition coefficient (Wildman–Crippen LogP) is 2.10. The van der Waals surface area contributed by atoms with Crippen LogP contribution in [0.2, 0.25) is 0 Å². The Labute approximate surface area is 181 Å². The molecule has 1 aliphatic rings. The van der Waals surface area contributed by atoms with Crippen molar-refractivity contribution in [1.82, 2.24) is 4.72 Å². The van der Waals surface area contributed by atoms with Crippen LogP contribution in [-0.2, 0) is 19.6 Å². The SMILES string of the molecule is COc1ccccc1OCC(C)NS(=O)(=O)c1ccc(OC)c(N2C(=O)CCC2=O)c1. The summed E-state index contributed by atoms with van der Waals surface area (Å²) in [6.45, 7) is 1.72. The van der Waals surface area contributed by atoms with E-state index in [0.717, 1.165) is 4.90 Å². The summed E-state index contributed by atoms with van der Waals surface area (Å²) in [6, 6.07) is 10.5. The average Bonchev–Trinajstić information content (AvgIpc) is 3.09. The Morgan fingerprint density at radius 3 is 2.19 bits per heavy atom. The highest BCUT2D eigenvalue weighted by Crippen LogP contribution is 2.34. The fourth-order valence-electron chi connectivity index (χ4n) is 3.18. The van der Waals surface area contributed by atoms with Gasteiger partial charge in [-0.25, -0.2) is 18.0 Å². The third kappa shape index (κ3) is 4.97. The van der Waals surface area contributed by atoms with Gasteiger partial charge in [0.25, 0.3) is 0 Å². The Balaban J connectivity index is 1.77. The minimum atomic E-state index is -3.96. The maximum Gasteiger partial charge on any atom is 0.241 e. The number of para-hydroxylation sites is 2. The van der Waals surface area contributed by atoms with Crippen LogP contribution in [0, 0.1) is 0 Å². The zero-order valence-electron chi connectivity index (χ0n) is 17.5. The van der Waals surface area contributed by atoms with E-state index in [1.165, 1.54) is 32.4 Å². The number of anilines is 1. The summed E-state index contributed by atoms with van der Waals surface area (Å²) in [4.78, 5) is 25.1. The van der Waals surface area contributed by atoms with Crippen molar-refractivity contribution in [2.24, 2.45) is 0 Å². The van der Waals surface area contributed by atoms with Crippen molar-refractivity contribution < 1.29 is 32.2 Å². The molecule has 2 amide bonds. The molecule has 1 N–H and O–H groups in total. The van der Waals surface area contributed by atoms with Crippen LogP contribution in [0.3, 0.4) is 0 Å². The average molecular weight is 448 g/mol. The highest BCUT2D eigenvalue weighted by molar-refractivity contribution is 7.89. The van der Waals surface area contributed by atoms with E-state index >= 15 is 0 Å². The van der Waals surface area contributed by atoms with E-state index in [-0.39, 0.29) is 35.8 Å². The molecule has 166 valence electrons. The van der Waals surface area contributed by atoms with E-state index in [1.54, 1.807) is 31.2 Å². The molecule has 2 aromatic rings. The summed E-state index contributed by atoms with van der Waals surface area (Å²) >= 11 is 0. The van der Waals surface area contributed by atoms with Crippen LogP contribution < -0.4 is 23.8 Å². The zero-order valence-corrected chi connectivity index (χ0v) is 18.3. The molecule has 0 radical (unpaired) electrons. The number of ether oxygens (including phenoxy) is 3. The first kappa shape index (κ1) is 22.6. The molecule has 1 saturated heterocycles. The first-order valence-electron chi connectivity index (χ1n) is 9.58. The molecule has 0 bridgehead atoms. The van der Waals surface area contributed by atoms with Crippen LogP contribution in [0.5, 0.6) is 17.2 Å². The number of nitrogens with one attached hydrogen (secondary N) is 1. The quantitative estimate of drug-likeness (QED) is 0.585. The van der Waals surface area contributed by atoms with Gasteiger partial charge in [0.2, 0.25) is 21.8 Å². The van der Waals surface area contributed by atoms with Gasteiger partial charge in [-0.2, -0.15) is 0 Å². The van der Waals surface area contributed by atoms with Crippen molar-refractivity contribution in [2.45, 2.75) is 30.7 Å². The molecule has 0 saturated carbocycles. The highest BCUT2D eigenvalue weighted by atomic mass is 32.2. The third-order valence-corrected chi connectivity index (χ3v) is 6.25. The summed E-state index contributed by atoms with van der Waals surface area (Å²) in [6.07, 6.45) is 0.156. The number of nitrogens with zero attached hydrogens (tertiary/aromatic N) is 1. The number of carbonyl (C=O) groups is 2. The molecule has 1 heterocycles. The zero-order chi connectivity index (χ0) is 22.6. The lowest BCUT2D eigenvalue weighted by Crippen LogP contribution is -2.37. The minimum absolute atomic E-state index is 0.0612. The molecule has 3 rings (SSSR count). The number of imide groups is 1. The fraction of sp³-hybridized carbons (Fsp3) is 0.333. The van der Waals surface area contributed by atoms with E-state index in [1.807, 2.05) is 0 Å². The lowest BCUT2D eigenvalue weighted by Gasteiger charge is -2.20. The van der Waals surface area contributed by atoms with Gasteiger partial charge >= 0.3 is 0 Å².